The highest BCUT2D eigenvalue weighted by Gasteiger charge is 2.29. The number of rotatable bonds is 8. The van der Waals surface area contributed by atoms with E-state index in [1.165, 1.54) is 7.11 Å². The van der Waals surface area contributed by atoms with Crippen LogP contribution in [0, 0.1) is 5.92 Å². The van der Waals surface area contributed by atoms with Crippen LogP contribution in [-0.4, -0.2) is 32.3 Å². The number of hydrogen-bond donors (Lipinski definition) is 1. The topological polar surface area (TPSA) is 86.2 Å². The number of methoxy groups -OCH3 is 2. The van der Waals surface area contributed by atoms with Gasteiger partial charge in [-0.1, -0.05) is 12.1 Å². The fourth-order valence-electron chi connectivity index (χ4n) is 2.51. The molecule has 1 aliphatic rings. The van der Waals surface area contributed by atoms with Crippen molar-refractivity contribution in [3.8, 4) is 11.5 Å². The Morgan fingerprint density at radius 3 is 2.50 bits per heavy atom. The Hall–Kier alpha value is -3.35. The lowest BCUT2D eigenvalue weighted by atomic mass is 10.1. The summed E-state index contributed by atoms with van der Waals surface area (Å²) in [7, 11) is 2.91. The maximum absolute atomic E-state index is 11.6. The molecule has 0 unspecified atom stereocenters. The van der Waals surface area contributed by atoms with E-state index in [0.29, 0.717) is 23.7 Å². The number of ether oxygens (including phenoxy) is 3. The molecule has 3 rings (SSSR count). The molecule has 0 bridgehead atoms. The van der Waals surface area contributed by atoms with Gasteiger partial charge in [0, 0.05) is 5.92 Å². The summed E-state index contributed by atoms with van der Waals surface area (Å²) in [5, 5.41) is 3.97. The van der Waals surface area contributed by atoms with Crippen molar-refractivity contribution in [2.45, 2.75) is 19.4 Å². The molecule has 28 heavy (non-hydrogen) atoms. The molecule has 2 aromatic carbocycles. The standard InChI is InChI=1S/C21H22N2O5/c1-26-19-11-15(12-22-23-20(24)16-8-9-16)5-10-18(19)28-13-14-3-6-17(7-4-14)21(25)27-2/h3-7,10-12,16H,8-9,13H2,1-2H3,(H,23,24)/b22-12-. The first-order valence-corrected chi connectivity index (χ1v) is 8.91. The average Bonchev–Trinajstić information content (AvgIpc) is 3.58. The third-order valence-electron chi connectivity index (χ3n) is 4.29. The summed E-state index contributed by atoms with van der Waals surface area (Å²) in [5.74, 6) is 0.840. The molecular weight excluding hydrogens is 360 g/mol. The van der Waals surface area contributed by atoms with Crippen molar-refractivity contribution in [1.29, 1.82) is 0 Å². The van der Waals surface area contributed by atoms with Gasteiger partial charge in [-0.15, -0.1) is 0 Å². The molecule has 0 atom stereocenters. The summed E-state index contributed by atoms with van der Waals surface area (Å²) in [4.78, 5) is 23.0. The van der Waals surface area contributed by atoms with Crippen LogP contribution >= 0.6 is 0 Å². The molecule has 1 aliphatic carbocycles. The molecule has 146 valence electrons. The molecule has 1 amide bonds. The van der Waals surface area contributed by atoms with E-state index in [-0.39, 0.29) is 17.8 Å². The molecule has 1 fully saturated rings. The lowest BCUT2D eigenvalue weighted by Gasteiger charge is -2.11. The maximum Gasteiger partial charge on any atom is 0.337 e. The van der Waals surface area contributed by atoms with Crippen LogP contribution in [0.3, 0.4) is 0 Å². The Bertz CT molecular complexity index is 873. The second kappa shape index (κ2) is 9.03. The number of hydrazone groups is 1. The van der Waals surface area contributed by atoms with Gasteiger partial charge in [0.15, 0.2) is 11.5 Å². The van der Waals surface area contributed by atoms with E-state index in [2.05, 4.69) is 15.3 Å². The number of hydrogen-bond acceptors (Lipinski definition) is 6. The highest BCUT2D eigenvalue weighted by Crippen LogP contribution is 2.29. The van der Waals surface area contributed by atoms with E-state index < -0.39 is 0 Å². The number of esters is 1. The van der Waals surface area contributed by atoms with Crippen molar-refractivity contribution >= 4 is 18.1 Å². The first-order valence-electron chi connectivity index (χ1n) is 8.91. The maximum atomic E-state index is 11.6. The quantitative estimate of drug-likeness (QED) is 0.431. The highest BCUT2D eigenvalue weighted by atomic mass is 16.5. The van der Waals surface area contributed by atoms with Gasteiger partial charge >= 0.3 is 5.97 Å². The van der Waals surface area contributed by atoms with Crippen molar-refractivity contribution in [3.63, 3.8) is 0 Å². The Balaban J connectivity index is 1.59. The zero-order valence-corrected chi connectivity index (χ0v) is 15.8. The Kier molecular flexibility index (Phi) is 6.26. The Labute approximate surface area is 163 Å². The number of carbonyl (C=O) groups is 2. The molecule has 1 saturated carbocycles. The van der Waals surface area contributed by atoms with Crippen molar-refractivity contribution in [3.05, 3.63) is 59.2 Å². The second-order valence-electron chi connectivity index (χ2n) is 6.40. The monoisotopic (exact) mass is 382 g/mol. The molecular formula is C21H22N2O5. The normalized spacial score (nSPS) is 13.2. The van der Waals surface area contributed by atoms with Gasteiger partial charge in [-0.25, -0.2) is 10.2 Å². The molecule has 2 aromatic rings. The Morgan fingerprint density at radius 2 is 1.86 bits per heavy atom. The van der Waals surface area contributed by atoms with Gasteiger partial charge in [0.25, 0.3) is 0 Å². The van der Waals surface area contributed by atoms with Crippen LogP contribution in [0.25, 0.3) is 0 Å². The molecule has 1 N–H and O–H groups in total. The summed E-state index contributed by atoms with van der Waals surface area (Å²) in [5.41, 5.74) is 4.71. The minimum absolute atomic E-state index is 0.0404. The van der Waals surface area contributed by atoms with Gasteiger partial charge in [-0.2, -0.15) is 5.10 Å². The molecule has 0 spiro atoms. The van der Waals surface area contributed by atoms with Crippen LogP contribution in [0.1, 0.15) is 34.3 Å². The zero-order chi connectivity index (χ0) is 19.9. The van der Waals surface area contributed by atoms with Gasteiger partial charge in [-0.3, -0.25) is 4.79 Å². The van der Waals surface area contributed by atoms with Crippen molar-refractivity contribution < 1.29 is 23.8 Å². The first kappa shape index (κ1) is 19.4. The van der Waals surface area contributed by atoms with E-state index in [1.54, 1.807) is 37.6 Å². The van der Waals surface area contributed by atoms with Crippen LogP contribution in [0.2, 0.25) is 0 Å². The van der Waals surface area contributed by atoms with Crippen LogP contribution in [0.15, 0.2) is 47.6 Å². The predicted octanol–water partition coefficient (Wildman–Crippen LogP) is 2.92. The van der Waals surface area contributed by atoms with E-state index in [4.69, 9.17) is 9.47 Å². The average molecular weight is 382 g/mol. The van der Waals surface area contributed by atoms with Crippen LogP contribution in [-0.2, 0) is 16.1 Å². The minimum atomic E-state index is -0.375. The van der Waals surface area contributed by atoms with Crippen molar-refractivity contribution in [2.75, 3.05) is 14.2 Å². The van der Waals surface area contributed by atoms with Crippen LogP contribution in [0.5, 0.6) is 11.5 Å². The summed E-state index contributed by atoms with van der Waals surface area (Å²) in [6, 6.07) is 12.4. The van der Waals surface area contributed by atoms with E-state index in [1.807, 2.05) is 18.2 Å². The number of benzene rings is 2. The van der Waals surface area contributed by atoms with Gasteiger partial charge in [-0.05, 0) is 54.3 Å². The number of amides is 1. The van der Waals surface area contributed by atoms with Gasteiger partial charge in [0.1, 0.15) is 6.61 Å². The van der Waals surface area contributed by atoms with E-state index >= 15 is 0 Å². The zero-order valence-electron chi connectivity index (χ0n) is 15.8. The number of nitrogens with zero attached hydrogens (tertiary/aromatic N) is 1. The minimum Gasteiger partial charge on any atom is -0.493 e. The predicted molar refractivity (Wildman–Crippen MR) is 104 cm³/mol. The summed E-state index contributed by atoms with van der Waals surface area (Å²) >= 11 is 0. The summed E-state index contributed by atoms with van der Waals surface area (Å²) in [6.07, 6.45) is 3.44. The smallest absolute Gasteiger partial charge is 0.337 e. The third-order valence-corrected chi connectivity index (χ3v) is 4.29. The summed E-state index contributed by atoms with van der Waals surface area (Å²) in [6.45, 7) is 0.322. The van der Waals surface area contributed by atoms with Crippen molar-refractivity contribution in [1.82, 2.24) is 5.43 Å². The van der Waals surface area contributed by atoms with E-state index in [9.17, 15) is 9.59 Å². The molecule has 7 nitrogen and oxygen atoms in total. The fraction of sp³-hybridized carbons (Fsp3) is 0.286. The van der Waals surface area contributed by atoms with Gasteiger partial charge in [0.05, 0.1) is 26.0 Å². The van der Waals surface area contributed by atoms with Crippen molar-refractivity contribution in [2.24, 2.45) is 11.0 Å². The number of nitrogens with one attached hydrogen (secondary N) is 1. The largest absolute Gasteiger partial charge is 0.493 e. The lowest BCUT2D eigenvalue weighted by Crippen LogP contribution is -2.18. The third kappa shape index (κ3) is 5.09. The SMILES string of the molecule is COC(=O)c1ccc(COc2ccc(/C=N\NC(=O)C3CC3)cc2OC)cc1. The Morgan fingerprint density at radius 1 is 1.11 bits per heavy atom. The van der Waals surface area contributed by atoms with Crippen LogP contribution in [0.4, 0.5) is 0 Å². The molecule has 0 radical (unpaired) electrons. The molecule has 0 aromatic heterocycles. The molecule has 0 aliphatic heterocycles. The van der Waals surface area contributed by atoms with Gasteiger partial charge in [0.2, 0.25) is 5.91 Å². The molecule has 0 saturated heterocycles. The molecule has 0 heterocycles. The van der Waals surface area contributed by atoms with E-state index in [0.717, 1.165) is 24.0 Å². The summed E-state index contributed by atoms with van der Waals surface area (Å²) < 4.78 is 15.9. The van der Waals surface area contributed by atoms with Gasteiger partial charge < -0.3 is 14.2 Å². The lowest BCUT2D eigenvalue weighted by molar-refractivity contribution is -0.122. The highest BCUT2D eigenvalue weighted by molar-refractivity contribution is 5.89. The van der Waals surface area contributed by atoms with Crippen LogP contribution < -0.4 is 14.9 Å². The fourth-order valence-corrected chi connectivity index (χ4v) is 2.51. The number of carbonyl (C=O) groups excluding carboxylic acids is 2. The first-order chi connectivity index (χ1) is 13.6. The molecule has 7 heteroatoms. The second-order valence-corrected chi connectivity index (χ2v) is 6.40.